The fraction of sp³-hybridized carbons (Fsp3) is 0.385. The third-order valence-electron chi connectivity index (χ3n) is 2.45. The Labute approximate surface area is 95.6 Å². The van der Waals surface area contributed by atoms with Crippen LogP contribution in [0.25, 0.3) is 0 Å². The minimum Gasteiger partial charge on any atom is -0.495 e. The second-order valence-electron chi connectivity index (χ2n) is 3.77. The monoisotopic (exact) mass is 220 g/mol. The predicted octanol–water partition coefficient (Wildman–Crippen LogP) is 2.69. The molecule has 86 valence electrons. The van der Waals surface area contributed by atoms with Crippen molar-refractivity contribution in [2.24, 2.45) is 0 Å². The lowest BCUT2D eigenvalue weighted by Gasteiger charge is -2.27. The lowest BCUT2D eigenvalue weighted by atomic mass is 10.2. The van der Waals surface area contributed by atoms with Gasteiger partial charge >= 0.3 is 0 Å². The summed E-state index contributed by atoms with van der Waals surface area (Å²) in [7, 11) is 0. The van der Waals surface area contributed by atoms with Gasteiger partial charge in [-0.3, -0.25) is 0 Å². The van der Waals surface area contributed by atoms with Gasteiger partial charge in [0, 0.05) is 0 Å². The van der Waals surface area contributed by atoms with Gasteiger partial charge in [0.25, 0.3) is 0 Å². The highest BCUT2D eigenvalue weighted by Gasteiger charge is 2.24. The molecule has 1 heterocycles. The lowest BCUT2D eigenvalue weighted by Crippen LogP contribution is -2.31. The second kappa shape index (κ2) is 4.47. The molecule has 0 aromatic heterocycles. The molecule has 1 unspecified atom stereocenters. The summed E-state index contributed by atoms with van der Waals surface area (Å²) in [6.45, 7) is 8.83. The van der Waals surface area contributed by atoms with Gasteiger partial charge in [-0.15, -0.1) is 0 Å². The summed E-state index contributed by atoms with van der Waals surface area (Å²) in [5.41, 5.74) is 1.14. The minimum atomic E-state index is -0.214. The van der Waals surface area contributed by atoms with Crippen molar-refractivity contribution in [2.75, 3.05) is 13.2 Å². The summed E-state index contributed by atoms with van der Waals surface area (Å²) in [5.74, 6) is 2.16. The van der Waals surface area contributed by atoms with Crippen LogP contribution in [0.3, 0.4) is 0 Å². The van der Waals surface area contributed by atoms with E-state index in [-0.39, 0.29) is 6.10 Å². The number of benzene rings is 1. The average Bonchev–Trinajstić information content (AvgIpc) is 2.28. The number of rotatable bonds is 3. The van der Waals surface area contributed by atoms with Gasteiger partial charge < -0.3 is 14.2 Å². The Kier molecular flexibility index (Phi) is 3.04. The quantitative estimate of drug-likeness (QED) is 0.733. The van der Waals surface area contributed by atoms with Crippen LogP contribution >= 0.6 is 0 Å². The van der Waals surface area contributed by atoms with E-state index in [4.69, 9.17) is 14.2 Å². The van der Waals surface area contributed by atoms with Crippen molar-refractivity contribution in [3.63, 3.8) is 0 Å². The van der Waals surface area contributed by atoms with Gasteiger partial charge in [-0.1, -0.05) is 12.6 Å². The molecule has 1 atom stereocenters. The Hall–Kier alpha value is -1.64. The maximum absolute atomic E-state index is 5.78. The molecule has 3 nitrogen and oxygen atoms in total. The first-order chi connectivity index (χ1) is 7.70. The Morgan fingerprint density at radius 3 is 3.06 bits per heavy atom. The Balaban J connectivity index is 2.13. The highest BCUT2D eigenvalue weighted by Crippen LogP contribution is 2.33. The summed E-state index contributed by atoms with van der Waals surface area (Å²) in [4.78, 5) is 0. The normalized spacial score (nSPS) is 18.0. The number of ether oxygens (including phenoxy) is 3. The van der Waals surface area contributed by atoms with Crippen molar-refractivity contribution in [1.29, 1.82) is 0 Å². The third-order valence-corrected chi connectivity index (χ3v) is 2.45. The molecule has 0 N–H and O–H groups in total. The minimum absolute atomic E-state index is 0.214. The zero-order chi connectivity index (χ0) is 11.5. The maximum atomic E-state index is 5.78. The molecule has 1 aliphatic rings. The molecule has 0 saturated carbocycles. The predicted molar refractivity (Wildman–Crippen MR) is 61.9 cm³/mol. The molecule has 0 radical (unpaired) electrons. The fourth-order valence-electron chi connectivity index (χ4n) is 1.62. The van der Waals surface area contributed by atoms with Crippen LogP contribution in [-0.2, 0) is 4.74 Å². The van der Waals surface area contributed by atoms with Crippen LogP contribution in [0.1, 0.15) is 12.5 Å². The SMILES string of the molecule is C=C(OCC)C1COc2ccc(C)cc2O1. The number of hydrogen-bond acceptors (Lipinski definition) is 3. The molecule has 2 rings (SSSR count). The Morgan fingerprint density at radius 2 is 2.31 bits per heavy atom. The Morgan fingerprint density at radius 1 is 1.50 bits per heavy atom. The average molecular weight is 220 g/mol. The maximum Gasteiger partial charge on any atom is 0.189 e. The molecule has 16 heavy (non-hydrogen) atoms. The number of fused-ring (bicyclic) bond motifs is 1. The first-order valence-electron chi connectivity index (χ1n) is 5.42. The zero-order valence-electron chi connectivity index (χ0n) is 9.66. The molecule has 1 aromatic carbocycles. The molecule has 0 amide bonds. The molecular formula is C13H16O3. The molecule has 0 saturated heterocycles. The summed E-state index contributed by atoms with van der Waals surface area (Å²) in [6.07, 6.45) is -0.214. The van der Waals surface area contributed by atoms with E-state index in [0.29, 0.717) is 19.0 Å². The van der Waals surface area contributed by atoms with E-state index >= 15 is 0 Å². The van der Waals surface area contributed by atoms with Crippen molar-refractivity contribution in [2.45, 2.75) is 20.0 Å². The van der Waals surface area contributed by atoms with E-state index in [1.807, 2.05) is 32.0 Å². The first kappa shape index (κ1) is 10.9. The second-order valence-corrected chi connectivity index (χ2v) is 3.77. The first-order valence-corrected chi connectivity index (χ1v) is 5.42. The fourth-order valence-corrected chi connectivity index (χ4v) is 1.62. The van der Waals surface area contributed by atoms with E-state index in [2.05, 4.69) is 6.58 Å². The molecule has 0 aliphatic carbocycles. The molecule has 0 fully saturated rings. The van der Waals surface area contributed by atoms with Crippen LogP contribution in [0.15, 0.2) is 30.5 Å². The van der Waals surface area contributed by atoms with Crippen LogP contribution in [-0.4, -0.2) is 19.3 Å². The standard InChI is InChI=1S/C13H16O3/c1-4-14-10(3)13-8-15-11-6-5-9(2)7-12(11)16-13/h5-7,13H,3-4,8H2,1-2H3. The van der Waals surface area contributed by atoms with Gasteiger partial charge in [0.05, 0.1) is 6.61 Å². The Bertz CT molecular complexity index is 398. The largest absolute Gasteiger partial charge is 0.495 e. The van der Waals surface area contributed by atoms with Gasteiger partial charge in [0.2, 0.25) is 0 Å². The van der Waals surface area contributed by atoms with Crippen molar-refractivity contribution < 1.29 is 14.2 Å². The van der Waals surface area contributed by atoms with Gasteiger partial charge in [-0.2, -0.15) is 0 Å². The molecule has 0 bridgehead atoms. The highest BCUT2D eigenvalue weighted by molar-refractivity contribution is 5.44. The zero-order valence-corrected chi connectivity index (χ0v) is 9.66. The van der Waals surface area contributed by atoms with E-state index < -0.39 is 0 Å². The van der Waals surface area contributed by atoms with E-state index in [1.54, 1.807) is 0 Å². The van der Waals surface area contributed by atoms with Crippen LogP contribution in [0, 0.1) is 6.92 Å². The van der Waals surface area contributed by atoms with Crippen LogP contribution in [0.4, 0.5) is 0 Å². The van der Waals surface area contributed by atoms with E-state index in [1.165, 1.54) is 0 Å². The summed E-state index contributed by atoms with van der Waals surface area (Å²) in [5, 5.41) is 0. The van der Waals surface area contributed by atoms with Crippen LogP contribution in [0.2, 0.25) is 0 Å². The third kappa shape index (κ3) is 2.13. The van der Waals surface area contributed by atoms with Gasteiger partial charge in [-0.05, 0) is 31.5 Å². The topological polar surface area (TPSA) is 27.7 Å². The number of hydrogen-bond donors (Lipinski definition) is 0. The van der Waals surface area contributed by atoms with E-state index in [9.17, 15) is 0 Å². The smallest absolute Gasteiger partial charge is 0.189 e. The molecule has 1 aliphatic heterocycles. The van der Waals surface area contributed by atoms with Crippen molar-refractivity contribution >= 4 is 0 Å². The van der Waals surface area contributed by atoms with Gasteiger partial charge in [0.1, 0.15) is 12.4 Å². The van der Waals surface area contributed by atoms with Gasteiger partial charge in [0.15, 0.2) is 17.6 Å². The number of aryl methyl sites for hydroxylation is 1. The summed E-state index contributed by atoms with van der Waals surface area (Å²) in [6, 6.07) is 5.88. The highest BCUT2D eigenvalue weighted by atomic mass is 16.6. The van der Waals surface area contributed by atoms with Crippen molar-refractivity contribution in [1.82, 2.24) is 0 Å². The lowest BCUT2D eigenvalue weighted by molar-refractivity contribution is 0.0625. The molecule has 0 spiro atoms. The van der Waals surface area contributed by atoms with Crippen LogP contribution in [0.5, 0.6) is 11.5 Å². The summed E-state index contributed by atoms with van der Waals surface area (Å²) >= 11 is 0. The molecule has 3 heteroatoms. The van der Waals surface area contributed by atoms with Crippen LogP contribution < -0.4 is 9.47 Å². The van der Waals surface area contributed by atoms with Crippen molar-refractivity contribution in [3.05, 3.63) is 36.1 Å². The van der Waals surface area contributed by atoms with Crippen molar-refractivity contribution in [3.8, 4) is 11.5 Å². The summed E-state index contributed by atoms with van der Waals surface area (Å²) < 4.78 is 16.7. The van der Waals surface area contributed by atoms with Gasteiger partial charge in [-0.25, -0.2) is 0 Å². The van der Waals surface area contributed by atoms with E-state index in [0.717, 1.165) is 17.1 Å². The molecular weight excluding hydrogens is 204 g/mol. The molecule has 1 aromatic rings.